The molecule has 0 spiro atoms. The van der Waals surface area contributed by atoms with E-state index in [2.05, 4.69) is 10.6 Å². The lowest BCUT2D eigenvalue weighted by molar-refractivity contribution is -0.384. The number of hydrogen-bond acceptors (Lipinski definition) is 4. The zero-order valence-corrected chi connectivity index (χ0v) is 12.2. The molecule has 1 aliphatic carbocycles. The van der Waals surface area contributed by atoms with E-state index in [-0.39, 0.29) is 17.6 Å². The van der Waals surface area contributed by atoms with E-state index in [0.717, 1.165) is 25.7 Å². The Morgan fingerprint density at radius 3 is 2.67 bits per heavy atom. The molecule has 6 nitrogen and oxygen atoms in total. The molecule has 21 heavy (non-hydrogen) atoms. The standard InChI is InChI=1S/C15H21N3O3/c1-2-16-15(19)11-8-9-13(14(10-11)18(20)21)17-12-6-4-3-5-7-12/h8-10,12,17H,2-7H2,1H3,(H,16,19). The van der Waals surface area contributed by atoms with E-state index in [1.807, 2.05) is 6.92 Å². The molecule has 6 heteroatoms. The summed E-state index contributed by atoms with van der Waals surface area (Å²) in [5.41, 5.74) is 0.780. The van der Waals surface area contributed by atoms with Gasteiger partial charge in [-0.25, -0.2) is 0 Å². The lowest BCUT2D eigenvalue weighted by atomic mass is 9.95. The maximum absolute atomic E-state index is 11.8. The maximum atomic E-state index is 11.8. The minimum Gasteiger partial charge on any atom is -0.377 e. The third kappa shape index (κ3) is 3.93. The van der Waals surface area contributed by atoms with Gasteiger partial charge in [-0.15, -0.1) is 0 Å². The van der Waals surface area contributed by atoms with E-state index in [4.69, 9.17) is 0 Å². The molecular formula is C15H21N3O3. The highest BCUT2D eigenvalue weighted by Crippen LogP contribution is 2.29. The van der Waals surface area contributed by atoms with Crippen molar-refractivity contribution >= 4 is 17.3 Å². The minimum absolute atomic E-state index is 0.0377. The first kappa shape index (κ1) is 15.3. The Labute approximate surface area is 124 Å². The van der Waals surface area contributed by atoms with E-state index in [0.29, 0.717) is 17.8 Å². The number of nitro benzene ring substituents is 1. The predicted octanol–water partition coefficient (Wildman–Crippen LogP) is 3.09. The van der Waals surface area contributed by atoms with Crippen molar-refractivity contribution in [1.82, 2.24) is 5.32 Å². The summed E-state index contributed by atoms with van der Waals surface area (Å²) >= 11 is 0. The molecule has 0 aliphatic heterocycles. The first-order chi connectivity index (χ1) is 10.1. The van der Waals surface area contributed by atoms with Crippen LogP contribution >= 0.6 is 0 Å². The second kappa shape index (κ2) is 7.06. The fourth-order valence-electron chi connectivity index (χ4n) is 2.68. The lowest BCUT2D eigenvalue weighted by Gasteiger charge is -2.23. The molecule has 1 aromatic carbocycles. The molecule has 0 heterocycles. The van der Waals surface area contributed by atoms with Crippen molar-refractivity contribution in [2.24, 2.45) is 0 Å². The molecule has 0 radical (unpaired) electrons. The van der Waals surface area contributed by atoms with Crippen LogP contribution in [0.3, 0.4) is 0 Å². The largest absolute Gasteiger partial charge is 0.377 e. The number of nitrogens with zero attached hydrogens (tertiary/aromatic N) is 1. The fraction of sp³-hybridized carbons (Fsp3) is 0.533. The lowest BCUT2D eigenvalue weighted by Crippen LogP contribution is -2.24. The second-order valence-corrected chi connectivity index (χ2v) is 5.33. The number of anilines is 1. The normalized spacial score (nSPS) is 15.5. The van der Waals surface area contributed by atoms with Crippen LogP contribution in [0.25, 0.3) is 0 Å². The first-order valence-corrected chi connectivity index (χ1v) is 7.45. The van der Waals surface area contributed by atoms with Crippen LogP contribution in [-0.2, 0) is 0 Å². The van der Waals surface area contributed by atoms with Crippen molar-refractivity contribution in [1.29, 1.82) is 0 Å². The average molecular weight is 291 g/mol. The van der Waals surface area contributed by atoms with Crippen LogP contribution in [0.2, 0.25) is 0 Å². The van der Waals surface area contributed by atoms with Gasteiger partial charge in [-0.05, 0) is 31.9 Å². The Hall–Kier alpha value is -2.11. The zero-order valence-electron chi connectivity index (χ0n) is 12.2. The number of benzene rings is 1. The monoisotopic (exact) mass is 291 g/mol. The topological polar surface area (TPSA) is 84.3 Å². The number of nitro groups is 1. The molecule has 1 amide bonds. The van der Waals surface area contributed by atoms with Gasteiger partial charge in [-0.3, -0.25) is 14.9 Å². The third-order valence-corrected chi connectivity index (χ3v) is 3.76. The van der Waals surface area contributed by atoms with Gasteiger partial charge >= 0.3 is 0 Å². The summed E-state index contributed by atoms with van der Waals surface area (Å²) in [4.78, 5) is 22.6. The molecule has 1 fully saturated rings. The van der Waals surface area contributed by atoms with Gasteiger partial charge in [-0.1, -0.05) is 19.3 Å². The summed E-state index contributed by atoms with van der Waals surface area (Å²) in [7, 11) is 0. The molecule has 1 saturated carbocycles. The van der Waals surface area contributed by atoms with Gasteiger partial charge in [0, 0.05) is 24.2 Å². The SMILES string of the molecule is CCNC(=O)c1ccc(NC2CCCCC2)c([N+](=O)[O-])c1. The smallest absolute Gasteiger partial charge is 0.293 e. The molecular weight excluding hydrogens is 270 g/mol. The van der Waals surface area contributed by atoms with E-state index in [1.54, 1.807) is 12.1 Å². The molecule has 2 rings (SSSR count). The van der Waals surface area contributed by atoms with E-state index in [9.17, 15) is 14.9 Å². The van der Waals surface area contributed by atoms with Crippen LogP contribution in [0, 0.1) is 10.1 Å². The van der Waals surface area contributed by atoms with Crippen LogP contribution in [0.1, 0.15) is 49.4 Å². The minimum atomic E-state index is -0.437. The summed E-state index contributed by atoms with van der Waals surface area (Å²) < 4.78 is 0. The predicted molar refractivity (Wildman–Crippen MR) is 81.6 cm³/mol. The van der Waals surface area contributed by atoms with Crippen molar-refractivity contribution in [2.45, 2.75) is 45.1 Å². The van der Waals surface area contributed by atoms with E-state index < -0.39 is 4.92 Å². The van der Waals surface area contributed by atoms with Crippen molar-refractivity contribution in [3.63, 3.8) is 0 Å². The Balaban J connectivity index is 2.20. The van der Waals surface area contributed by atoms with Gasteiger partial charge < -0.3 is 10.6 Å². The Morgan fingerprint density at radius 1 is 1.33 bits per heavy atom. The molecule has 0 bridgehead atoms. The summed E-state index contributed by atoms with van der Waals surface area (Å²) in [5.74, 6) is -0.287. The Morgan fingerprint density at radius 2 is 2.05 bits per heavy atom. The summed E-state index contributed by atoms with van der Waals surface area (Å²) in [6.07, 6.45) is 5.62. The maximum Gasteiger partial charge on any atom is 0.293 e. The summed E-state index contributed by atoms with van der Waals surface area (Å²) in [6.45, 7) is 2.31. The Kier molecular flexibility index (Phi) is 5.14. The molecule has 0 aromatic heterocycles. The number of amides is 1. The van der Waals surface area contributed by atoms with Crippen molar-refractivity contribution in [3.05, 3.63) is 33.9 Å². The molecule has 0 saturated heterocycles. The van der Waals surface area contributed by atoms with Gasteiger partial charge in [0.25, 0.3) is 11.6 Å². The highest BCUT2D eigenvalue weighted by atomic mass is 16.6. The highest BCUT2D eigenvalue weighted by molar-refractivity contribution is 5.95. The zero-order chi connectivity index (χ0) is 15.2. The number of carbonyl (C=O) groups is 1. The van der Waals surface area contributed by atoms with Crippen LogP contribution in [0.5, 0.6) is 0 Å². The quantitative estimate of drug-likeness (QED) is 0.645. The third-order valence-electron chi connectivity index (χ3n) is 3.76. The van der Waals surface area contributed by atoms with Gasteiger partial charge in [0.1, 0.15) is 5.69 Å². The van der Waals surface area contributed by atoms with Gasteiger partial charge in [-0.2, -0.15) is 0 Å². The van der Waals surface area contributed by atoms with Crippen LogP contribution in [0.4, 0.5) is 11.4 Å². The molecule has 1 aliphatic rings. The Bertz CT molecular complexity index is 525. The molecule has 0 atom stereocenters. The fourth-order valence-corrected chi connectivity index (χ4v) is 2.68. The molecule has 114 valence electrons. The van der Waals surface area contributed by atoms with E-state index >= 15 is 0 Å². The number of nitrogens with one attached hydrogen (secondary N) is 2. The highest BCUT2D eigenvalue weighted by Gasteiger charge is 2.21. The number of hydrogen-bond donors (Lipinski definition) is 2. The van der Waals surface area contributed by atoms with Gasteiger partial charge in [0.2, 0.25) is 0 Å². The average Bonchev–Trinajstić information content (AvgIpc) is 2.48. The van der Waals surface area contributed by atoms with Gasteiger partial charge in [0.05, 0.1) is 4.92 Å². The second-order valence-electron chi connectivity index (χ2n) is 5.33. The first-order valence-electron chi connectivity index (χ1n) is 7.45. The number of carbonyl (C=O) groups excluding carboxylic acids is 1. The van der Waals surface area contributed by atoms with Crippen molar-refractivity contribution in [2.75, 3.05) is 11.9 Å². The number of rotatable bonds is 5. The molecule has 0 unspecified atom stereocenters. The van der Waals surface area contributed by atoms with Crippen LogP contribution in [0.15, 0.2) is 18.2 Å². The van der Waals surface area contributed by atoms with E-state index in [1.165, 1.54) is 12.5 Å². The van der Waals surface area contributed by atoms with Crippen LogP contribution in [-0.4, -0.2) is 23.4 Å². The molecule has 1 aromatic rings. The summed E-state index contributed by atoms with van der Waals surface area (Å²) in [5, 5.41) is 17.1. The van der Waals surface area contributed by atoms with Gasteiger partial charge in [0.15, 0.2) is 0 Å². The van der Waals surface area contributed by atoms with Crippen molar-refractivity contribution < 1.29 is 9.72 Å². The van der Waals surface area contributed by atoms with Crippen molar-refractivity contribution in [3.8, 4) is 0 Å². The summed E-state index contributed by atoms with van der Waals surface area (Å²) in [6, 6.07) is 4.89. The van der Waals surface area contributed by atoms with Crippen LogP contribution < -0.4 is 10.6 Å². The molecule has 2 N–H and O–H groups in total.